The Bertz CT molecular complexity index is 1330. The molecule has 1 fully saturated rings. The predicted octanol–water partition coefficient (Wildman–Crippen LogP) is 3.51. The zero-order valence-electron chi connectivity index (χ0n) is 19.9. The number of likely N-dealkylation sites (tertiary alicyclic amines) is 1. The van der Waals surface area contributed by atoms with Gasteiger partial charge in [-0.3, -0.25) is 14.6 Å². The van der Waals surface area contributed by atoms with Crippen LogP contribution in [0.1, 0.15) is 33.1 Å². The van der Waals surface area contributed by atoms with Crippen LogP contribution in [-0.2, 0) is 20.9 Å². The molecule has 0 spiro atoms. The molecular weight excluding hydrogens is 464 g/mol. The van der Waals surface area contributed by atoms with E-state index in [1.165, 1.54) is 32.3 Å². The number of hydrogen-bond donors (Lipinski definition) is 1. The first-order valence-corrected chi connectivity index (χ1v) is 11.0. The lowest BCUT2D eigenvalue weighted by Gasteiger charge is -2.25. The zero-order chi connectivity index (χ0) is 25.8. The summed E-state index contributed by atoms with van der Waals surface area (Å²) in [4.78, 5) is 43.8. The van der Waals surface area contributed by atoms with E-state index in [4.69, 9.17) is 14.2 Å². The second-order valence-corrected chi connectivity index (χ2v) is 7.97. The molecule has 4 rings (SSSR count). The molecule has 1 atom stereocenters. The van der Waals surface area contributed by atoms with Gasteiger partial charge in [-0.1, -0.05) is 18.2 Å². The Kier molecular flexibility index (Phi) is 7.00. The molecule has 1 N–H and O–H groups in total. The highest BCUT2D eigenvalue weighted by Gasteiger charge is 2.46. The van der Waals surface area contributed by atoms with Gasteiger partial charge in [-0.25, -0.2) is 4.79 Å². The molecule has 1 saturated heterocycles. The molecule has 1 aliphatic rings. The first-order valence-electron chi connectivity index (χ1n) is 11.0. The van der Waals surface area contributed by atoms with Crippen LogP contribution >= 0.6 is 0 Å². The summed E-state index contributed by atoms with van der Waals surface area (Å²) >= 11 is 0. The SMILES string of the molecule is COC(=O)c1ccc([C@@H]2C(=C(O)c3ccc(OC)c(OC)c3)C(=O)C(=O)N2Cc2cccnc2)cc1. The minimum absolute atomic E-state index is 0.0815. The summed E-state index contributed by atoms with van der Waals surface area (Å²) in [6, 6.07) is 13.6. The van der Waals surface area contributed by atoms with Gasteiger partial charge in [0, 0.05) is 24.5 Å². The minimum Gasteiger partial charge on any atom is -0.507 e. The third-order valence-electron chi connectivity index (χ3n) is 5.92. The van der Waals surface area contributed by atoms with Crippen molar-refractivity contribution in [3.8, 4) is 11.5 Å². The monoisotopic (exact) mass is 488 g/mol. The van der Waals surface area contributed by atoms with Crippen molar-refractivity contribution in [1.29, 1.82) is 0 Å². The van der Waals surface area contributed by atoms with E-state index < -0.39 is 23.7 Å². The number of Topliss-reactive ketones (excluding diaryl/α,β-unsaturated/α-hetero) is 1. The lowest BCUT2D eigenvalue weighted by atomic mass is 9.94. The third kappa shape index (κ3) is 4.50. The Balaban J connectivity index is 1.86. The van der Waals surface area contributed by atoms with Crippen molar-refractivity contribution >= 4 is 23.4 Å². The fraction of sp³-hybridized carbons (Fsp3) is 0.185. The molecule has 0 saturated carbocycles. The maximum Gasteiger partial charge on any atom is 0.337 e. The molecule has 2 heterocycles. The first-order chi connectivity index (χ1) is 17.4. The summed E-state index contributed by atoms with van der Waals surface area (Å²) in [6.07, 6.45) is 3.21. The van der Waals surface area contributed by atoms with Crippen molar-refractivity contribution in [3.05, 3.63) is 94.8 Å². The predicted molar refractivity (Wildman–Crippen MR) is 129 cm³/mol. The summed E-state index contributed by atoms with van der Waals surface area (Å²) in [7, 11) is 4.22. The van der Waals surface area contributed by atoms with Gasteiger partial charge in [-0.15, -0.1) is 0 Å². The van der Waals surface area contributed by atoms with E-state index in [9.17, 15) is 19.5 Å². The Labute approximate surface area is 207 Å². The molecule has 0 radical (unpaired) electrons. The highest BCUT2D eigenvalue weighted by Crippen LogP contribution is 2.41. The average molecular weight is 488 g/mol. The van der Waals surface area contributed by atoms with Gasteiger partial charge < -0.3 is 24.2 Å². The van der Waals surface area contributed by atoms with Gasteiger partial charge in [0.15, 0.2) is 11.5 Å². The average Bonchev–Trinajstić information content (AvgIpc) is 3.17. The smallest absolute Gasteiger partial charge is 0.337 e. The number of nitrogens with zero attached hydrogens (tertiary/aromatic N) is 2. The number of pyridine rings is 1. The first kappa shape index (κ1) is 24.5. The van der Waals surface area contributed by atoms with Gasteiger partial charge in [0.2, 0.25) is 0 Å². The van der Waals surface area contributed by atoms with E-state index >= 15 is 0 Å². The van der Waals surface area contributed by atoms with E-state index in [1.54, 1.807) is 60.9 Å². The Morgan fingerprint density at radius 3 is 2.28 bits per heavy atom. The second-order valence-electron chi connectivity index (χ2n) is 7.97. The van der Waals surface area contributed by atoms with Crippen molar-refractivity contribution in [2.24, 2.45) is 0 Å². The fourth-order valence-corrected chi connectivity index (χ4v) is 4.14. The van der Waals surface area contributed by atoms with Gasteiger partial charge in [-0.05, 0) is 47.5 Å². The maximum atomic E-state index is 13.2. The molecule has 1 amide bonds. The number of aliphatic hydroxyl groups is 1. The van der Waals surface area contributed by atoms with Crippen LogP contribution in [-0.4, -0.2) is 54.0 Å². The summed E-state index contributed by atoms with van der Waals surface area (Å²) in [5, 5.41) is 11.3. The number of ketones is 1. The summed E-state index contributed by atoms with van der Waals surface area (Å²) in [5.74, 6) is -1.66. The highest BCUT2D eigenvalue weighted by atomic mass is 16.5. The molecule has 0 aliphatic carbocycles. The number of methoxy groups -OCH3 is 3. The van der Waals surface area contributed by atoms with Gasteiger partial charge >= 0.3 is 5.97 Å². The van der Waals surface area contributed by atoms with Crippen molar-refractivity contribution in [3.63, 3.8) is 0 Å². The van der Waals surface area contributed by atoms with Crippen molar-refractivity contribution in [2.75, 3.05) is 21.3 Å². The Morgan fingerprint density at radius 2 is 1.67 bits per heavy atom. The largest absolute Gasteiger partial charge is 0.507 e. The number of carbonyl (C=O) groups is 3. The van der Waals surface area contributed by atoms with Crippen LogP contribution in [0.2, 0.25) is 0 Å². The number of ether oxygens (including phenoxy) is 3. The molecule has 184 valence electrons. The Morgan fingerprint density at radius 1 is 0.972 bits per heavy atom. The highest BCUT2D eigenvalue weighted by molar-refractivity contribution is 6.46. The fourth-order valence-electron chi connectivity index (χ4n) is 4.14. The number of aromatic nitrogens is 1. The van der Waals surface area contributed by atoms with Crippen molar-refractivity contribution in [1.82, 2.24) is 9.88 Å². The number of hydrogen-bond acceptors (Lipinski definition) is 8. The van der Waals surface area contributed by atoms with E-state index in [1.807, 2.05) is 0 Å². The molecule has 2 aromatic carbocycles. The molecule has 9 nitrogen and oxygen atoms in total. The van der Waals surface area contributed by atoms with Crippen LogP contribution in [0.5, 0.6) is 11.5 Å². The standard InChI is InChI=1S/C27H24N2O7/c1-34-20-11-10-19(13-21(20)35-2)24(30)22-23(17-6-8-18(9-7-17)27(33)36-3)29(26(32)25(22)31)15-16-5-4-12-28-14-16/h4-14,23,30H,15H2,1-3H3/t23-/m1/s1. The maximum absolute atomic E-state index is 13.2. The summed E-state index contributed by atoms with van der Waals surface area (Å²) in [5.41, 5.74) is 1.75. The number of rotatable bonds is 7. The van der Waals surface area contributed by atoms with Crippen LogP contribution in [0.3, 0.4) is 0 Å². The molecule has 0 bridgehead atoms. The van der Waals surface area contributed by atoms with Crippen molar-refractivity contribution in [2.45, 2.75) is 12.6 Å². The quantitative estimate of drug-likeness (QED) is 0.233. The molecule has 1 aromatic heterocycles. The number of esters is 1. The van der Waals surface area contributed by atoms with Gasteiger partial charge in [0.1, 0.15) is 5.76 Å². The van der Waals surface area contributed by atoms with Gasteiger partial charge in [0.25, 0.3) is 11.7 Å². The molecule has 3 aromatic rings. The zero-order valence-corrected chi connectivity index (χ0v) is 19.9. The Hall–Kier alpha value is -4.66. The van der Waals surface area contributed by atoms with E-state index in [0.29, 0.717) is 28.2 Å². The summed E-state index contributed by atoms with van der Waals surface area (Å²) in [6.45, 7) is 0.0878. The number of amides is 1. The topological polar surface area (TPSA) is 115 Å². The lowest BCUT2D eigenvalue weighted by Crippen LogP contribution is -2.29. The van der Waals surface area contributed by atoms with Gasteiger partial charge in [-0.2, -0.15) is 0 Å². The second kappa shape index (κ2) is 10.3. The molecule has 9 heteroatoms. The van der Waals surface area contributed by atoms with Gasteiger partial charge in [0.05, 0.1) is 38.5 Å². The number of carbonyl (C=O) groups excluding carboxylic acids is 3. The molecule has 36 heavy (non-hydrogen) atoms. The number of aliphatic hydroxyl groups excluding tert-OH is 1. The normalized spacial score (nSPS) is 16.6. The van der Waals surface area contributed by atoms with Crippen LogP contribution in [0.4, 0.5) is 0 Å². The number of benzene rings is 2. The third-order valence-corrected chi connectivity index (χ3v) is 5.92. The molecular formula is C27H24N2O7. The lowest BCUT2D eigenvalue weighted by molar-refractivity contribution is -0.140. The molecule has 0 unspecified atom stereocenters. The van der Waals surface area contributed by atoms with Crippen LogP contribution in [0.15, 0.2) is 72.6 Å². The summed E-state index contributed by atoms with van der Waals surface area (Å²) < 4.78 is 15.3. The van der Waals surface area contributed by atoms with Crippen molar-refractivity contribution < 1.29 is 33.7 Å². The van der Waals surface area contributed by atoms with Crippen LogP contribution in [0, 0.1) is 0 Å². The van der Waals surface area contributed by atoms with E-state index in [2.05, 4.69) is 4.98 Å². The van der Waals surface area contributed by atoms with Crippen LogP contribution in [0.25, 0.3) is 5.76 Å². The van der Waals surface area contributed by atoms with E-state index in [-0.39, 0.29) is 23.4 Å². The molecule has 1 aliphatic heterocycles. The minimum atomic E-state index is -0.912. The van der Waals surface area contributed by atoms with Crippen LogP contribution < -0.4 is 9.47 Å². The van der Waals surface area contributed by atoms with E-state index in [0.717, 1.165) is 0 Å².